The van der Waals surface area contributed by atoms with Gasteiger partial charge in [0.15, 0.2) is 11.6 Å². The van der Waals surface area contributed by atoms with Crippen molar-refractivity contribution in [3.05, 3.63) is 65.5 Å². The van der Waals surface area contributed by atoms with Crippen molar-refractivity contribution >= 4 is 38.6 Å². The lowest BCUT2D eigenvalue weighted by Gasteiger charge is -2.23. The Kier molecular flexibility index (Phi) is 9.33. The number of hydrogen-bond donors (Lipinski definition) is 2. The molecule has 1 aliphatic heterocycles. The van der Waals surface area contributed by atoms with Crippen LogP contribution in [0.2, 0.25) is 0 Å². The summed E-state index contributed by atoms with van der Waals surface area (Å²) in [4.78, 5) is 29.9. The number of amides is 2. The average Bonchev–Trinajstić information content (AvgIpc) is 3.24. The number of aryl methyl sites for hydroxylation is 1. The molecule has 3 aromatic rings. The van der Waals surface area contributed by atoms with Gasteiger partial charge in [-0.15, -0.1) is 0 Å². The summed E-state index contributed by atoms with van der Waals surface area (Å²) < 4.78 is 33.1. The molecular formula is C26H30F2N5O3PS. The number of anilines is 1. The number of benzene rings is 1. The molecule has 0 fully saturated rings. The van der Waals surface area contributed by atoms with Gasteiger partial charge in [0.2, 0.25) is 5.91 Å². The standard InChI is InChI=1S/C26H30F2N5O3PS/c1-38-16-22(34)31-24-23-20(32-33(24)21-8-2-3-12-29-21)15-18(30-25(23)35)10-9-17-6-4-7-19(14-17)36-13-5-11-26(27,28)37/h2-4,6-8,12,14,18H,5,9-11,13,15-16,37H2,1H3,(H,30,35)(H,31,34). The summed E-state index contributed by atoms with van der Waals surface area (Å²) in [6, 6.07) is 12.7. The van der Waals surface area contributed by atoms with E-state index in [4.69, 9.17) is 4.74 Å². The minimum atomic E-state index is -2.77. The molecule has 2 N–H and O–H groups in total. The minimum absolute atomic E-state index is 0.148. The first-order valence-electron chi connectivity index (χ1n) is 12.2. The van der Waals surface area contributed by atoms with Crippen molar-refractivity contribution in [3.8, 4) is 11.6 Å². The third-order valence-electron chi connectivity index (χ3n) is 5.96. The summed E-state index contributed by atoms with van der Waals surface area (Å²) in [6.07, 6.45) is 5.31. The van der Waals surface area contributed by atoms with E-state index in [1.807, 2.05) is 30.5 Å². The van der Waals surface area contributed by atoms with Crippen LogP contribution in [0.4, 0.5) is 14.6 Å². The zero-order valence-corrected chi connectivity index (χ0v) is 22.9. The van der Waals surface area contributed by atoms with Crippen LogP contribution < -0.4 is 15.4 Å². The number of hydrogen-bond acceptors (Lipinski definition) is 6. The van der Waals surface area contributed by atoms with Crippen LogP contribution in [-0.2, 0) is 17.6 Å². The molecule has 1 aliphatic rings. The van der Waals surface area contributed by atoms with Crippen LogP contribution in [0.1, 0.15) is 40.9 Å². The van der Waals surface area contributed by atoms with Gasteiger partial charge in [0.1, 0.15) is 11.3 Å². The highest BCUT2D eigenvalue weighted by Crippen LogP contribution is 2.29. The summed E-state index contributed by atoms with van der Waals surface area (Å²) >= 11 is 1.39. The number of halogens is 2. The lowest BCUT2D eigenvalue weighted by atomic mass is 9.96. The van der Waals surface area contributed by atoms with Gasteiger partial charge in [-0.2, -0.15) is 21.5 Å². The van der Waals surface area contributed by atoms with Crippen molar-refractivity contribution in [2.45, 2.75) is 43.8 Å². The average molecular weight is 562 g/mol. The number of nitrogens with zero attached hydrogens (tertiary/aromatic N) is 3. The van der Waals surface area contributed by atoms with E-state index >= 15 is 0 Å². The summed E-state index contributed by atoms with van der Waals surface area (Å²) in [5.74, 6) is 1.18. The Morgan fingerprint density at radius 3 is 2.89 bits per heavy atom. The molecule has 2 aromatic heterocycles. The Morgan fingerprint density at radius 2 is 2.16 bits per heavy atom. The van der Waals surface area contributed by atoms with E-state index < -0.39 is 5.66 Å². The highest BCUT2D eigenvalue weighted by Gasteiger charge is 2.33. The van der Waals surface area contributed by atoms with Gasteiger partial charge in [-0.3, -0.25) is 9.59 Å². The van der Waals surface area contributed by atoms with Gasteiger partial charge in [0.05, 0.1) is 18.1 Å². The van der Waals surface area contributed by atoms with Crippen LogP contribution in [0, 0.1) is 0 Å². The molecule has 2 unspecified atom stereocenters. The Balaban J connectivity index is 1.43. The SMILES string of the molecule is CSCC(=O)Nc1c2c(nn1-c1ccccn1)CC(CCc1cccc(OCCCC(F)(F)P)c1)NC2=O. The fraction of sp³-hybridized carbons (Fsp3) is 0.385. The monoisotopic (exact) mass is 561 g/mol. The molecule has 3 heterocycles. The summed E-state index contributed by atoms with van der Waals surface area (Å²) in [5, 5.41) is 10.6. The first kappa shape index (κ1) is 28.0. The normalized spacial score (nSPS) is 15.1. The molecule has 0 aliphatic carbocycles. The molecule has 12 heteroatoms. The molecule has 202 valence electrons. The molecule has 0 saturated heterocycles. The zero-order chi connectivity index (χ0) is 27.1. The van der Waals surface area contributed by atoms with Gasteiger partial charge in [0, 0.05) is 25.1 Å². The van der Waals surface area contributed by atoms with Crippen LogP contribution in [0.25, 0.3) is 5.82 Å². The van der Waals surface area contributed by atoms with Crippen LogP contribution in [-0.4, -0.2) is 56.9 Å². The predicted molar refractivity (Wildman–Crippen MR) is 147 cm³/mol. The fourth-order valence-electron chi connectivity index (χ4n) is 4.25. The van der Waals surface area contributed by atoms with E-state index in [2.05, 4.69) is 20.7 Å². The minimum Gasteiger partial charge on any atom is -0.494 e. The second kappa shape index (κ2) is 12.7. The molecule has 2 atom stereocenters. The van der Waals surface area contributed by atoms with E-state index in [1.54, 1.807) is 33.6 Å². The fourth-order valence-corrected chi connectivity index (χ4v) is 4.79. The van der Waals surface area contributed by atoms with Crippen LogP contribution in [0.3, 0.4) is 0 Å². The Morgan fingerprint density at radius 1 is 1.32 bits per heavy atom. The number of thioether (sulfide) groups is 1. The van der Waals surface area contributed by atoms with E-state index in [1.165, 1.54) is 16.4 Å². The summed E-state index contributed by atoms with van der Waals surface area (Å²) in [6.45, 7) is 0.212. The molecule has 0 radical (unpaired) electrons. The van der Waals surface area contributed by atoms with Gasteiger partial charge in [-0.05, 0) is 55.3 Å². The molecule has 4 rings (SSSR count). The van der Waals surface area contributed by atoms with Crippen LogP contribution in [0.5, 0.6) is 5.75 Å². The van der Waals surface area contributed by atoms with E-state index in [9.17, 15) is 18.4 Å². The molecule has 8 nitrogen and oxygen atoms in total. The third kappa shape index (κ3) is 7.51. The summed E-state index contributed by atoms with van der Waals surface area (Å²) in [7, 11) is 1.54. The largest absolute Gasteiger partial charge is 0.494 e. The molecule has 38 heavy (non-hydrogen) atoms. The number of nitrogens with one attached hydrogen (secondary N) is 2. The smallest absolute Gasteiger partial charge is 0.259 e. The Hall–Kier alpha value is -3.04. The molecule has 0 saturated carbocycles. The number of aromatic nitrogens is 3. The van der Waals surface area contributed by atoms with Crippen LogP contribution >= 0.6 is 21.0 Å². The van der Waals surface area contributed by atoms with E-state index in [0.29, 0.717) is 47.9 Å². The van der Waals surface area contributed by atoms with Gasteiger partial charge in [-0.25, -0.2) is 13.8 Å². The lowest BCUT2D eigenvalue weighted by Crippen LogP contribution is -2.41. The number of carbonyl (C=O) groups excluding carboxylic acids is 2. The highest BCUT2D eigenvalue weighted by molar-refractivity contribution is 7.99. The Labute approximate surface area is 226 Å². The van der Waals surface area contributed by atoms with Crippen molar-refractivity contribution in [2.75, 3.05) is 23.9 Å². The van der Waals surface area contributed by atoms with Gasteiger partial charge in [0.25, 0.3) is 11.6 Å². The maximum Gasteiger partial charge on any atom is 0.259 e. The first-order valence-corrected chi connectivity index (χ1v) is 14.2. The van der Waals surface area contributed by atoms with Crippen molar-refractivity contribution in [1.29, 1.82) is 0 Å². The van der Waals surface area contributed by atoms with Gasteiger partial charge >= 0.3 is 0 Å². The molecule has 2 amide bonds. The molecule has 0 bridgehead atoms. The predicted octanol–water partition coefficient (Wildman–Crippen LogP) is 4.48. The topological polar surface area (TPSA) is 98.1 Å². The van der Waals surface area contributed by atoms with Crippen molar-refractivity contribution in [3.63, 3.8) is 0 Å². The zero-order valence-electron chi connectivity index (χ0n) is 21.0. The number of pyridine rings is 1. The Bertz CT molecular complexity index is 1270. The maximum absolute atomic E-state index is 13.2. The van der Waals surface area contributed by atoms with Gasteiger partial charge in [-0.1, -0.05) is 27.4 Å². The first-order chi connectivity index (χ1) is 18.2. The number of rotatable bonds is 12. The second-order valence-electron chi connectivity index (χ2n) is 9.02. The molecule has 1 aromatic carbocycles. The maximum atomic E-state index is 13.2. The summed E-state index contributed by atoms with van der Waals surface area (Å²) in [5.41, 5.74) is -0.799. The quantitative estimate of drug-likeness (QED) is 0.250. The molecular weight excluding hydrogens is 531 g/mol. The third-order valence-corrected chi connectivity index (χ3v) is 6.80. The van der Waals surface area contributed by atoms with Crippen molar-refractivity contribution in [2.24, 2.45) is 0 Å². The van der Waals surface area contributed by atoms with Crippen LogP contribution in [0.15, 0.2) is 48.7 Å². The lowest BCUT2D eigenvalue weighted by molar-refractivity contribution is -0.113. The highest BCUT2D eigenvalue weighted by atomic mass is 32.2. The number of carbonyl (C=O) groups is 2. The number of ether oxygens (including phenoxy) is 1. The van der Waals surface area contributed by atoms with Crippen molar-refractivity contribution in [1.82, 2.24) is 20.1 Å². The molecule has 0 spiro atoms. The number of alkyl halides is 2. The number of fused-ring (bicyclic) bond motifs is 1. The second-order valence-corrected chi connectivity index (χ2v) is 10.7. The van der Waals surface area contributed by atoms with E-state index in [0.717, 1.165) is 5.56 Å². The van der Waals surface area contributed by atoms with Gasteiger partial charge < -0.3 is 15.4 Å². The van der Waals surface area contributed by atoms with E-state index in [-0.39, 0.29) is 43.1 Å². The van der Waals surface area contributed by atoms with Crippen molar-refractivity contribution < 1.29 is 23.1 Å².